The van der Waals surface area contributed by atoms with E-state index in [-0.39, 0.29) is 53.9 Å². The van der Waals surface area contributed by atoms with Crippen LogP contribution < -0.4 is 19.5 Å². The minimum atomic E-state index is -4.63. The number of methoxy groups -OCH3 is 2. The van der Waals surface area contributed by atoms with Crippen molar-refractivity contribution in [1.29, 1.82) is 0 Å². The maximum atomic E-state index is 13.2. The minimum Gasteiger partial charge on any atom is -0.496 e. The van der Waals surface area contributed by atoms with Crippen molar-refractivity contribution in [2.75, 3.05) is 51.7 Å². The number of piperidine rings is 1. The number of carbonyl (C=O) groups excluding carboxylic acids is 3. The number of aliphatic hydroxyl groups is 2. The lowest BCUT2D eigenvalue weighted by molar-refractivity contribution is -0.137. The first-order chi connectivity index (χ1) is 22.1. The molecule has 2 fully saturated rings. The van der Waals surface area contributed by atoms with Crippen molar-refractivity contribution in [3.63, 3.8) is 0 Å². The van der Waals surface area contributed by atoms with E-state index in [1.807, 2.05) is 0 Å². The number of likely N-dealkylation sites (tertiary alicyclic amines) is 1. The normalized spacial score (nSPS) is 17.1. The Hall–Kier alpha value is -3.64. The number of sulfonamides is 1. The van der Waals surface area contributed by atoms with Crippen molar-refractivity contribution in [2.24, 2.45) is 0 Å². The van der Waals surface area contributed by atoms with Gasteiger partial charge in [0.2, 0.25) is 0 Å². The molecule has 2 heterocycles. The summed E-state index contributed by atoms with van der Waals surface area (Å²) in [5, 5.41) is 21.5. The molecule has 4 rings (SSSR count). The average Bonchev–Trinajstić information content (AvgIpc) is 3.26. The number of ketones is 1. The molecule has 0 saturated carbocycles. The summed E-state index contributed by atoms with van der Waals surface area (Å²) in [6.07, 6.45) is -3.91. The fourth-order valence-corrected chi connectivity index (χ4v) is 6.65. The van der Waals surface area contributed by atoms with E-state index in [4.69, 9.17) is 14.6 Å². The second-order valence-corrected chi connectivity index (χ2v) is 13.0. The van der Waals surface area contributed by atoms with Crippen LogP contribution in [0.25, 0.3) is 0 Å². The molecule has 0 bridgehead atoms. The Balaban J connectivity index is 0.00000625. The number of halogens is 4. The molecule has 0 radical (unpaired) electrons. The molecule has 0 aromatic heterocycles. The van der Waals surface area contributed by atoms with Crippen molar-refractivity contribution >= 4 is 45.8 Å². The third kappa shape index (κ3) is 8.68. The SMILES string of the molecule is COc1cc(OC)c(C(=O)CCCCN2CCC3(CC2)NC(=O)N(C[C@H](O)CO)C3=O)cc1NS(=O)(=O)c1ccc(C(F)(F)F)cc1.Cl. The average molecular weight is 723 g/mol. The van der Waals surface area contributed by atoms with Crippen LogP contribution in [0, 0.1) is 0 Å². The number of unbranched alkanes of at least 4 members (excludes halogenated alkanes) is 1. The van der Waals surface area contributed by atoms with Gasteiger partial charge in [0.1, 0.15) is 17.0 Å². The topological polar surface area (TPSA) is 175 Å². The van der Waals surface area contributed by atoms with Crippen molar-refractivity contribution in [3.8, 4) is 11.5 Å². The molecule has 0 unspecified atom stereocenters. The molecule has 2 aliphatic heterocycles. The van der Waals surface area contributed by atoms with E-state index in [1.165, 1.54) is 26.4 Å². The number of hydrogen-bond acceptors (Lipinski definition) is 10. The highest BCUT2D eigenvalue weighted by molar-refractivity contribution is 7.92. The molecule has 1 atom stereocenters. The van der Waals surface area contributed by atoms with Gasteiger partial charge in [-0.05, 0) is 62.6 Å². The molecule has 1 spiro atoms. The number of hydrogen-bond donors (Lipinski definition) is 4. The molecule has 266 valence electrons. The number of ether oxygens (including phenoxy) is 2. The highest BCUT2D eigenvalue weighted by Gasteiger charge is 2.52. The third-order valence-electron chi connectivity index (χ3n) is 8.25. The van der Waals surface area contributed by atoms with Crippen molar-refractivity contribution in [1.82, 2.24) is 15.1 Å². The van der Waals surface area contributed by atoms with E-state index in [0.717, 1.165) is 17.0 Å². The Bertz CT molecular complexity index is 1590. The first kappa shape index (κ1) is 38.8. The van der Waals surface area contributed by atoms with E-state index in [0.29, 0.717) is 57.5 Å². The van der Waals surface area contributed by atoms with Gasteiger partial charge >= 0.3 is 12.2 Å². The predicted octanol–water partition coefficient (Wildman–Crippen LogP) is 3.04. The number of amides is 3. The zero-order valence-corrected chi connectivity index (χ0v) is 27.8. The molecule has 3 amide bonds. The Labute approximate surface area is 281 Å². The summed E-state index contributed by atoms with van der Waals surface area (Å²) in [5.41, 5.74) is -2.06. The number of nitrogens with zero attached hydrogens (tertiary/aromatic N) is 2. The van der Waals surface area contributed by atoms with E-state index in [9.17, 15) is 41.1 Å². The number of urea groups is 1. The molecule has 48 heavy (non-hydrogen) atoms. The summed E-state index contributed by atoms with van der Waals surface area (Å²) in [4.78, 5) is 41.1. The fraction of sp³-hybridized carbons (Fsp3) is 0.500. The van der Waals surface area contributed by atoms with Gasteiger partial charge in [-0.15, -0.1) is 12.4 Å². The van der Waals surface area contributed by atoms with Crippen LogP contribution in [0.15, 0.2) is 41.3 Å². The van der Waals surface area contributed by atoms with Crippen LogP contribution in [0.2, 0.25) is 0 Å². The monoisotopic (exact) mass is 722 g/mol. The van der Waals surface area contributed by atoms with Crippen LogP contribution in [0.1, 0.15) is 48.0 Å². The van der Waals surface area contributed by atoms with Crippen LogP contribution in [0.5, 0.6) is 11.5 Å². The fourth-order valence-electron chi connectivity index (χ4n) is 5.59. The van der Waals surface area contributed by atoms with Gasteiger partial charge in [0.25, 0.3) is 15.9 Å². The number of Topliss-reactive ketones (excluding diaryl/α,β-unsaturated/α-hetero) is 1. The predicted molar refractivity (Wildman–Crippen MR) is 169 cm³/mol. The largest absolute Gasteiger partial charge is 0.496 e. The van der Waals surface area contributed by atoms with Crippen LogP contribution in [0.4, 0.5) is 23.7 Å². The zero-order valence-electron chi connectivity index (χ0n) is 26.2. The summed E-state index contributed by atoms with van der Waals surface area (Å²) in [7, 11) is -1.73. The van der Waals surface area contributed by atoms with Crippen molar-refractivity contribution in [2.45, 2.75) is 54.8 Å². The molecule has 2 aromatic carbocycles. The molecule has 18 heteroatoms. The molecular weight excluding hydrogens is 685 g/mol. The Morgan fingerprint density at radius 1 is 1.06 bits per heavy atom. The van der Waals surface area contributed by atoms with E-state index >= 15 is 0 Å². The van der Waals surface area contributed by atoms with Crippen LogP contribution in [-0.2, 0) is 21.0 Å². The van der Waals surface area contributed by atoms with Gasteiger partial charge in [-0.2, -0.15) is 13.2 Å². The van der Waals surface area contributed by atoms with Crippen LogP contribution in [-0.4, -0.2) is 105 Å². The number of rotatable bonds is 14. The number of benzene rings is 2. The van der Waals surface area contributed by atoms with Crippen molar-refractivity contribution in [3.05, 3.63) is 47.5 Å². The molecule has 2 saturated heterocycles. The molecule has 2 aromatic rings. The summed E-state index contributed by atoms with van der Waals surface area (Å²) >= 11 is 0. The van der Waals surface area contributed by atoms with E-state index in [1.54, 1.807) is 0 Å². The molecule has 0 aliphatic carbocycles. The standard InChI is InChI=1S/C30H37F3N4O9S.ClH/c1-45-25-16-26(46-2)23(35-47(43,44)21-8-6-19(7-9-21)30(31,32)33)15-22(25)24(40)5-3-4-12-36-13-10-29(11-14-36)27(41)37(28(42)34-29)17-20(39)18-38;/h6-9,15-16,20,35,38-39H,3-5,10-14,17-18H2,1-2H3,(H,34,42);1H/t20-;/m0./s1. The first-order valence-corrected chi connectivity index (χ1v) is 16.3. The van der Waals surface area contributed by atoms with Crippen LogP contribution >= 0.6 is 12.4 Å². The lowest BCUT2D eigenvalue weighted by atomic mass is 9.87. The zero-order chi connectivity index (χ0) is 34.6. The van der Waals surface area contributed by atoms with Gasteiger partial charge in [-0.3, -0.25) is 19.2 Å². The molecule has 13 nitrogen and oxygen atoms in total. The minimum absolute atomic E-state index is 0. The number of imide groups is 1. The quantitative estimate of drug-likeness (QED) is 0.129. The lowest BCUT2D eigenvalue weighted by Gasteiger charge is -2.37. The number of aliphatic hydroxyl groups excluding tert-OH is 2. The Morgan fingerprint density at radius 2 is 1.69 bits per heavy atom. The van der Waals surface area contributed by atoms with Crippen LogP contribution in [0.3, 0.4) is 0 Å². The van der Waals surface area contributed by atoms with Gasteiger partial charge in [-0.1, -0.05) is 0 Å². The number of anilines is 1. The number of β-amino-alcohol motifs (C(OH)–C–C–N with tert-alkyl or cyclic N) is 1. The number of nitrogens with one attached hydrogen (secondary N) is 2. The summed E-state index contributed by atoms with van der Waals surface area (Å²) in [5.74, 6) is -0.577. The van der Waals surface area contributed by atoms with Gasteiger partial charge < -0.3 is 29.9 Å². The third-order valence-corrected chi connectivity index (χ3v) is 9.63. The second kappa shape index (κ2) is 15.7. The van der Waals surface area contributed by atoms with Gasteiger partial charge in [0.15, 0.2) is 5.78 Å². The molecule has 2 aliphatic rings. The van der Waals surface area contributed by atoms with Gasteiger partial charge in [-0.25, -0.2) is 13.2 Å². The van der Waals surface area contributed by atoms with E-state index in [2.05, 4.69) is 14.9 Å². The number of carbonyl (C=O) groups is 3. The highest BCUT2D eigenvalue weighted by Crippen LogP contribution is 2.36. The maximum Gasteiger partial charge on any atom is 0.416 e. The smallest absolute Gasteiger partial charge is 0.416 e. The van der Waals surface area contributed by atoms with Gasteiger partial charge in [0.05, 0.1) is 55.2 Å². The summed E-state index contributed by atoms with van der Waals surface area (Å²) in [6.45, 7) is 0.802. The second-order valence-electron chi connectivity index (χ2n) is 11.4. The highest BCUT2D eigenvalue weighted by atomic mass is 35.5. The van der Waals surface area contributed by atoms with Gasteiger partial charge in [0, 0.05) is 25.6 Å². The molecular formula is C30H38ClF3N4O9S. The maximum absolute atomic E-state index is 13.2. The summed E-state index contributed by atoms with van der Waals surface area (Å²) in [6, 6.07) is 4.98. The first-order valence-electron chi connectivity index (χ1n) is 14.8. The van der Waals surface area contributed by atoms with Crippen molar-refractivity contribution < 1.29 is 55.7 Å². The Morgan fingerprint density at radius 3 is 2.25 bits per heavy atom. The lowest BCUT2D eigenvalue weighted by Crippen LogP contribution is -2.55. The molecule has 4 N–H and O–H groups in total. The summed E-state index contributed by atoms with van der Waals surface area (Å²) < 4.78 is 77.7. The van der Waals surface area contributed by atoms with E-state index < -0.39 is 56.8 Å². The Kier molecular flexibility index (Phi) is 12.7. The number of alkyl halides is 3.